The highest BCUT2D eigenvalue weighted by molar-refractivity contribution is 6.13. The SMILES string of the molecule is Cc1nc2c(=O)n(CC3=Nc4cccc5cccc(c45)N3)cnc2o1. The number of hydrogen-bond donors (Lipinski definition) is 1. The molecule has 0 bridgehead atoms. The summed E-state index contributed by atoms with van der Waals surface area (Å²) in [4.78, 5) is 25.5. The van der Waals surface area contributed by atoms with Crippen molar-refractivity contribution in [2.75, 3.05) is 5.32 Å². The van der Waals surface area contributed by atoms with Gasteiger partial charge in [-0.05, 0) is 17.5 Å². The van der Waals surface area contributed by atoms with E-state index in [9.17, 15) is 4.79 Å². The third kappa shape index (κ3) is 2.13. The van der Waals surface area contributed by atoms with Gasteiger partial charge in [0.15, 0.2) is 11.4 Å². The van der Waals surface area contributed by atoms with Crippen LogP contribution in [0.15, 0.2) is 56.9 Å². The number of nitrogens with one attached hydrogen (secondary N) is 1. The van der Waals surface area contributed by atoms with Crippen LogP contribution in [0.1, 0.15) is 5.89 Å². The van der Waals surface area contributed by atoms with Crippen LogP contribution >= 0.6 is 0 Å². The Morgan fingerprint density at radius 2 is 2.04 bits per heavy atom. The number of fused-ring (bicyclic) bond motifs is 1. The zero-order valence-corrected chi connectivity index (χ0v) is 13.4. The van der Waals surface area contributed by atoms with Crippen LogP contribution in [-0.4, -0.2) is 20.4 Å². The number of nitrogens with zero attached hydrogens (tertiary/aromatic N) is 4. The topological polar surface area (TPSA) is 85.3 Å². The van der Waals surface area contributed by atoms with Crippen molar-refractivity contribution in [2.45, 2.75) is 13.5 Å². The van der Waals surface area contributed by atoms with Crippen molar-refractivity contribution in [3.05, 3.63) is 59.0 Å². The van der Waals surface area contributed by atoms with Gasteiger partial charge in [0.1, 0.15) is 12.2 Å². The van der Waals surface area contributed by atoms with Crippen LogP contribution in [0.25, 0.3) is 22.0 Å². The molecule has 0 saturated heterocycles. The van der Waals surface area contributed by atoms with E-state index in [-0.39, 0.29) is 23.3 Å². The lowest BCUT2D eigenvalue weighted by molar-refractivity contribution is 0.549. The van der Waals surface area contributed by atoms with E-state index in [1.807, 2.05) is 24.3 Å². The highest BCUT2D eigenvalue weighted by Crippen LogP contribution is 2.35. The van der Waals surface area contributed by atoms with Crippen molar-refractivity contribution in [1.82, 2.24) is 14.5 Å². The summed E-state index contributed by atoms with van der Waals surface area (Å²) in [6, 6.07) is 12.1. The van der Waals surface area contributed by atoms with Gasteiger partial charge in [0.25, 0.3) is 11.3 Å². The average molecular weight is 331 g/mol. The summed E-state index contributed by atoms with van der Waals surface area (Å²) in [6.07, 6.45) is 1.46. The summed E-state index contributed by atoms with van der Waals surface area (Å²) in [5, 5.41) is 5.52. The van der Waals surface area contributed by atoms with Crippen LogP contribution in [0.4, 0.5) is 11.4 Å². The third-order valence-corrected chi connectivity index (χ3v) is 4.23. The fraction of sp³-hybridized carbons (Fsp3) is 0.111. The van der Waals surface area contributed by atoms with Crippen molar-refractivity contribution in [1.29, 1.82) is 0 Å². The van der Waals surface area contributed by atoms with Crippen molar-refractivity contribution in [3.8, 4) is 0 Å². The summed E-state index contributed by atoms with van der Waals surface area (Å²) in [7, 11) is 0. The zero-order valence-electron chi connectivity index (χ0n) is 13.4. The molecule has 0 aliphatic carbocycles. The van der Waals surface area contributed by atoms with Crippen molar-refractivity contribution in [2.24, 2.45) is 4.99 Å². The van der Waals surface area contributed by atoms with Gasteiger partial charge in [-0.1, -0.05) is 24.3 Å². The van der Waals surface area contributed by atoms with E-state index in [1.54, 1.807) is 6.92 Å². The second-order valence-electron chi connectivity index (χ2n) is 5.93. The van der Waals surface area contributed by atoms with E-state index in [4.69, 9.17) is 4.42 Å². The predicted octanol–water partition coefficient (Wildman–Crippen LogP) is 3.00. The molecule has 7 nitrogen and oxygen atoms in total. The molecule has 0 amide bonds. The lowest BCUT2D eigenvalue weighted by Crippen LogP contribution is -2.28. The van der Waals surface area contributed by atoms with Crippen molar-refractivity contribution < 1.29 is 4.42 Å². The second-order valence-corrected chi connectivity index (χ2v) is 5.93. The monoisotopic (exact) mass is 331 g/mol. The molecule has 0 atom stereocenters. The smallest absolute Gasteiger partial charge is 0.283 e. The summed E-state index contributed by atoms with van der Waals surface area (Å²) in [5.41, 5.74) is 2.12. The molecule has 1 aliphatic heterocycles. The molecule has 1 aliphatic rings. The quantitative estimate of drug-likeness (QED) is 0.610. The van der Waals surface area contributed by atoms with E-state index in [0.717, 1.165) is 22.1 Å². The first-order valence-corrected chi connectivity index (χ1v) is 7.88. The van der Waals surface area contributed by atoms with Crippen molar-refractivity contribution >= 4 is 39.2 Å². The maximum atomic E-state index is 12.6. The number of anilines is 1. The molecule has 4 aromatic rings. The Balaban J connectivity index is 1.59. The Labute approximate surface area is 141 Å². The summed E-state index contributed by atoms with van der Waals surface area (Å²) < 4.78 is 6.77. The van der Waals surface area contributed by atoms with E-state index in [0.29, 0.717) is 11.7 Å². The summed E-state index contributed by atoms with van der Waals surface area (Å²) >= 11 is 0. The molecule has 3 heterocycles. The molecule has 0 unspecified atom stereocenters. The van der Waals surface area contributed by atoms with Crippen LogP contribution in [0.5, 0.6) is 0 Å². The Kier molecular flexibility index (Phi) is 2.79. The fourth-order valence-electron chi connectivity index (χ4n) is 3.15. The van der Waals surface area contributed by atoms with Gasteiger partial charge in [0, 0.05) is 18.0 Å². The number of hydrogen-bond acceptors (Lipinski definition) is 6. The van der Waals surface area contributed by atoms with Crippen LogP contribution in [0.3, 0.4) is 0 Å². The van der Waals surface area contributed by atoms with Gasteiger partial charge < -0.3 is 9.73 Å². The lowest BCUT2D eigenvalue weighted by atomic mass is 10.1. The third-order valence-electron chi connectivity index (χ3n) is 4.23. The number of aryl methyl sites for hydroxylation is 1. The zero-order chi connectivity index (χ0) is 17.0. The van der Waals surface area contributed by atoms with Crippen LogP contribution < -0.4 is 10.9 Å². The predicted molar refractivity (Wildman–Crippen MR) is 95.5 cm³/mol. The largest absolute Gasteiger partial charge is 0.422 e. The minimum absolute atomic E-state index is 0.235. The molecule has 122 valence electrons. The van der Waals surface area contributed by atoms with Crippen LogP contribution in [0, 0.1) is 6.92 Å². The number of benzene rings is 2. The summed E-state index contributed by atoms with van der Waals surface area (Å²) in [5.74, 6) is 1.10. The number of aliphatic imine (C=N–C) groups is 1. The van der Waals surface area contributed by atoms with E-state index >= 15 is 0 Å². The van der Waals surface area contributed by atoms with Gasteiger partial charge in [-0.3, -0.25) is 9.36 Å². The second kappa shape index (κ2) is 5.01. The molecule has 0 fully saturated rings. The molecular weight excluding hydrogens is 318 g/mol. The van der Waals surface area contributed by atoms with Gasteiger partial charge in [0.05, 0.1) is 12.2 Å². The van der Waals surface area contributed by atoms with Gasteiger partial charge in [-0.25, -0.2) is 15.0 Å². The Morgan fingerprint density at radius 1 is 1.20 bits per heavy atom. The molecule has 2 aromatic carbocycles. The molecule has 7 heteroatoms. The Bertz CT molecular complexity index is 1230. The van der Waals surface area contributed by atoms with E-state index < -0.39 is 0 Å². The number of rotatable bonds is 2. The molecular formula is C18H13N5O2. The average Bonchev–Trinajstić information content (AvgIpc) is 2.99. The molecule has 5 rings (SSSR count). The number of amidine groups is 1. The minimum atomic E-state index is -0.247. The van der Waals surface area contributed by atoms with Crippen molar-refractivity contribution in [3.63, 3.8) is 0 Å². The fourth-order valence-corrected chi connectivity index (χ4v) is 3.15. The number of aromatic nitrogens is 3. The minimum Gasteiger partial charge on any atom is -0.422 e. The van der Waals surface area contributed by atoms with E-state index in [1.165, 1.54) is 10.9 Å². The van der Waals surface area contributed by atoms with Gasteiger partial charge >= 0.3 is 0 Å². The standard InChI is InChI=1S/C18H13N5O2/c1-10-20-16-17(25-10)19-9-23(18(16)24)8-14-21-12-6-2-4-11-5-3-7-13(22-14)15(11)12/h2-7,9H,8H2,1H3,(H,21,22). The molecule has 0 saturated carbocycles. The summed E-state index contributed by atoms with van der Waals surface area (Å²) in [6.45, 7) is 1.97. The molecule has 25 heavy (non-hydrogen) atoms. The molecule has 1 N–H and O–H groups in total. The highest BCUT2D eigenvalue weighted by atomic mass is 16.4. The van der Waals surface area contributed by atoms with Crippen LogP contribution in [-0.2, 0) is 6.54 Å². The highest BCUT2D eigenvalue weighted by Gasteiger charge is 2.16. The maximum absolute atomic E-state index is 12.6. The first-order valence-electron chi connectivity index (χ1n) is 7.88. The maximum Gasteiger partial charge on any atom is 0.283 e. The lowest BCUT2D eigenvalue weighted by Gasteiger charge is -2.19. The molecule has 0 spiro atoms. The van der Waals surface area contributed by atoms with Gasteiger partial charge in [0.2, 0.25) is 0 Å². The first kappa shape index (κ1) is 13.9. The van der Waals surface area contributed by atoms with Crippen LogP contribution in [0.2, 0.25) is 0 Å². The molecule has 0 radical (unpaired) electrons. The van der Waals surface area contributed by atoms with Gasteiger partial charge in [-0.2, -0.15) is 0 Å². The normalized spacial score (nSPS) is 13.1. The first-order chi connectivity index (χ1) is 12.2. The Morgan fingerprint density at radius 3 is 2.92 bits per heavy atom. The Hall–Kier alpha value is -3.48. The number of oxazole rings is 1. The van der Waals surface area contributed by atoms with Gasteiger partial charge in [-0.15, -0.1) is 0 Å². The van der Waals surface area contributed by atoms with E-state index in [2.05, 4.69) is 32.4 Å². The molecule has 2 aromatic heterocycles.